The molecule has 2 aromatic carbocycles. The van der Waals surface area contributed by atoms with Crippen molar-refractivity contribution in [2.24, 2.45) is 0 Å². The molecule has 7 nitrogen and oxygen atoms in total. The van der Waals surface area contributed by atoms with Gasteiger partial charge in [0.1, 0.15) is 5.60 Å². The predicted octanol–water partition coefficient (Wildman–Crippen LogP) is 9.31. The predicted molar refractivity (Wildman–Crippen MR) is 155 cm³/mol. The first kappa shape index (κ1) is 35.4. The Labute approximate surface area is 249 Å². The van der Waals surface area contributed by atoms with Crippen LogP contribution < -0.4 is 5.32 Å². The maximum Gasteiger partial charge on any atom is 0.474 e. The summed E-state index contributed by atoms with van der Waals surface area (Å²) in [7, 11) is -1.38. The summed E-state index contributed by atoms with van der Waals surface area (Å²) in [6, 6.07) is 10.5. The number of carbonyl (C=O) groups is 1. The van der Waals surface area contributed by atoms with Crippen LogP contribution >= 0.6 is 31.2 Å². The van der Waals surface area contributed by atoms with Crippen LogP contribution in [0, 0.1) is 0 Å². The molecular weight excluding hydrogens is 602 g/mol. The Balaban J connectivity index is 2.17. The molecular formula is C28H38ClF3NO6PS. The van der Waals surface area contributed by atoms with Gasteiger partial charge in [0, 0.05) is 29.0 Å². The lowest BCUT2D eigenvalue weighted by atomic mass is 9.88. The Morgan fingerprint density at radius 3 is 2.24 bits per heavy atom. The summed E-state index contributed by atoms with van der Waals surface area (Å²) < 4.78 is 72.6. The lowest BCUT2D eigenvalue weighted by Crippen LogP contribution is -2.53. The van der Waals surface area contributed by atoms with E-state index in [1.807, 2.05) is 13.0 Å². The van der Waals surface area contributed by atoms with E-state index in [-0.39, 0.29) is 6.61 Å². The van der Waals surface area contributed by atoms with Gasteiger partial charge in [-0.05, 0) is 82.3 Å². The Morgan fingerprint density at radius 1 is 1.02 bits per heavy atom. The molecule has 1 atom stereocenters. The van der Waals surface area contributed by atoms with Crippen molar-refractivity contribution in [3.63, 3.8) is 0 Å². The molecule has 0 aromatic heterocycles. The summed E-state index contributed by atoms with van der Waals surface area (Å²) in [4.78, 5) is 13.9. The quantitative estimate of drug-likeness (QED) is 0.206. The van der Waals surface area contributed by atoms with Crippen molar-refractivity contribution < 1.29 is 40.8 Å². The monoisotopic (exact) mass is 639 g/mol. The zero-order valence-electron chi connectivity index (χ0n) is 24.1. The number of amides is 1. The Hall–Kier alpha value is -1.75. The highest BCUT2D eigenvalue weighted by Crippen LogP contribution is 2.48. The van der Waals surface area contributed by atoms with Crippen molar-refractivity contribution in [2.45, 2.75) is 86.9 Å². The van der Waals surface area contributed by atoms with Gasteiger partial charge >= 0.3 is 20.1 Å². The number of phosphoric acid groups is 1. The molecule has 0 radical (unpaired) electrons. The number of benzene rings is 2. The number of carbonyl (C=O) groups excluding carboxylic acids is 1. The third-order valence-electron chi connectivity index (χ3n) is 5.96. The maximum atomic E-state index is 13.1. The number of hydrogen-bond donors (Lipinski definition) is 1. The molecule has 1 amide bonds. The first-order valence-corrected chi connectivity index (χ1v) is 15.7. The van der Waals surface area contributed by atoms with Crippen LogP contribution in [0.15, 0.2) is 52.3 Å². The van der Waals surface area contributed by atoms with E-state index in [1.54, 1.807) is 39.0 Å². The molecule has 0 bridgehead atoms. The molecule has 0 saturated heterocycles. The highest BCUT2D eigenvalue weighted by molar-refractivity contribution is 7.99. The van der Waals surface area contributed by atoms with Gasteiger partial charge in [-0.3, -0.25) is 13.6 Å². The minimum absolute atomic E-state index is 0.140. The third kappa shape index (κ3) is 11.8. The van der Waals surface area contributed by atoms with E-state index in [1.165, 1.54) is 32.0 Å². The largest absolute Gasteiger partial charge is 0.474 e. The SMILES string of the molecule is CCCC(CCCc1ccc(Sc2cccc(C(F)(F)F)c2)cc1Cl)(COP(=O)(OC)OC)NC(=O)OC(C)(C)C. The van der Waals surface area contributed by atoms with Gasteiger partial charge in [-0.15, -0.1) is 0 Å². The number of halogens is 4. The van der Waals surface area contributed by atoms with E-state index in [0.717, 1.165) is 17.7 Å². The zero-order chi connectivity index (χ0) is 30.9. The number of hydrogen-bond acceptors (Lipinski definition) is 7. The van der Waals surface area contributed by atoms with Gasteiger partial charge < -0.3 is 10.1 Å². The fourth-order valence-electron chi connectivity index (χ4n) is 4.10. The van der Waals surface area contributed by atoms with Crippen molar-refractivity contribution in [3.8, 4) is 0 Å². The lowest BCUT2D eigenvalue weighted by Gasteiger charge is -2.36. The topological polar surface area (TPSA) is 83.1 Å². The van der Waals surface area contributed by atoms with Crippen molar-refractivity contribution >= 4 is 37.3 Å². The highest BCUT2D eigenvalue weighted by Gasteiger charge is 2.37. The first-order chi connectivity index (χ1) is 19.0. The Bertz CT molecular complexity index is 1200. The van der Waals surface area contributed by atoms with E-state index in [0.29, 0.717) is 46.9 Å². The van der Waals surface area contributed by atoms with Gasteiger partial charge in [-0.2, -0.15) is 13.2 Å². The molecule has 0 fully saturated rings. The Kier molecular flexibility index (Phi) is 13.1. The fraction of sp³-hybridized carbons (Fsp3) is 0.536. The number of aryl methyl sites for hydroxylation is 1. The highest BCUT2D eigenvalue weighted by atomic mass is 35.5. The molecule has 41 heavy (non-hydrogen) atoms. The second-order valence-electron chi connectivity index (χ2n) is 10.5. The smallest absolute Gasteiger partial charge is 0.444 e. The van der Waals surface area contributed by atoms with Gasteiger partial charge in [-0.1, -0.05) is 48.8 Å². The van der Waals surface area contributed by atoms with E-state index in [2.05, 4.69) is 5.32 Å². The summed E-state index contributed by atoms with van der Waals surface area (Å²) >= 11 is 7.74. The molecule has 0 heterocycles. The second kappa shape index (κ2) is 15.1. The van der Waals surface area contributed by atoms with Gasteiger partial charge in [0.25, 0.3) is 0 Å². The molecule has 0 saturated carbocycles. The van der Waals surface area contributed by atoms with Crippen LogP contribution in [-0.2, 0) is 35.5 Å². The van der Waals surface area contributed by atoms with Crippen LogP contribution in [0.25, 0.3) is 0 Å². The first-order valence-electron chi connectivity index (χ1n) is 13.0. The van der Waals surface area contributed by atoms with Crippen LogP contribution in [0.3, 0.4) is 0 Å². The lowest BCUT2D eigenvalue weighted by molar-refractivity contribution is -0.137. The number of alkyl carbamates (subject to hydrolysis) is 1. The van der Waals surface area contributed by atoms with Gasteiger partial charge in [-0.25, -0.2) is 9.36 Å². The molecule has 230 valence electrons. The summed E-state index contributed by atoms with van der Waals surface area (Å²) in [6.07, 6.45) is -2.31. The molecule has 0 aliphatic rings. The average molecular weight is 640 g/mol. The van der Waals surface area contributed by atoms with E-state index < -0.39 is 36.8 Å². The number of rotatable bonds is 14. The van der Waals surface area contributed by atoms with Gasteiger partial charge in [0.2, 0.25) is 0 Å². The van der Waals surface area contributed by atoms with E-state index >= 15 is 0 Å². The average Bonchev–Trinajstić information content (AvgIpc) is 2.87. The molecule has 0 aliphatic carbocycles. The number of alkyl halides is 3. The molecule has 2 rings (SSSR count). The van der Waals surface area contributed by atoms with Crippen LogP contribution in [0.1, 0.15) is 64.5 Å². The van der Waals surface area contributed by atoms with Crippen LogP contribution in [0.4, 0.5) is 18.0 Å². The van der Waals surface area contributed by atoms with Crippen LogP contribution in [-0.4, -0.2) is 38.1 Å². The number of phosphoric ester groups is 1. The number of nitrogens with one attached hydrogen (secondary N) is 1. The fourth-order valence-corrected chi connectivity index (χ4v) is 6.12. The molecule has 1 unspecified atom stereocenters. The zero-order valence-corrected chi connectivity index (χ0v) is 26.6. The van der Waals surface area contributed by atoms with Crippen molar-refractivity contribution in [2.75, 3.05) is 20.8 Å². The number of ether oxygens (including phenoxy) is 1. The van der Waals surface area contributed by atoms with Crippen LogP contribution in [0.2, 0.25) is 5.02 Å². The van der Waals surface area contributed by atoms with Crippen molar-refractivity contribution in [3.05, 3.63) is 58.6 Å². The maximum absolute atomic E-state index is 13.1. The molecule has 13 heteroatoms. The minimum atomic E-state index is -4.42. The molecule has 1 N–H and O–H groups in total. The van der Waals surface area contributed by atoms with Crippen molar-refractivity contribution in [1.29, 1.82) is 0 Å². The summed E-state index contributed by atoms with van der Waals surface area (Å²) in [5.41, 5.74) is -1.53. The third-order valence-corrected chi connectivity index (χ3v) is 8.63. The van der Waals surface area contributed by atoms with Crippen molar-refractivity contribution in [1.82, 2.24) is 5.32 Å². The normalized spacial score (nSPS) is 14.0. The summed E-state index contributed by atoms with van der Waals surface area (Å²) in [5.74, 6) is 0. The summed E-state index contributed by atoms with van der Waals surface area (Å²) in [5, 5.41) is 3.40. The molecule has 0 aliphatic heterocycles. The minimum Gasteiger partial charge on any atom is -0.444 e. The Morgan fingerprint density at radius 2 is 1.68 bits per heavy atom. The molecule has 0 spiro atoms. The van der Waals surface area contributed by atoms with E-state index in [4.69, 9.17) is 29.9 Å². The van der Waals surface area contributed by atoms with Crippen LogP contribution in [0.5, 0.6) is 0 Å². The molecule has 2 aromatic rings. The second-order valence-corrected chi connectivity index (χ2v) is 13.9. The summed E-state index contributed by atoms with van der Waals surface area (Å²) in [6.45, 7) is 7.08. The van der Waals surface area contributed by atoms with E-state index in [9.17, 15) is 22.5 Å². The van der Waals surface area contributed by atoms with Gasteiger partial charge in [0.05, 0.1) is 17.7 Å². The standard InChI is InChI=1S/C28H38ClF3NO6PS/c1-7-15-27(19-38-40(35,36-5)37-6,33-25(34)39-26(2,3)4)16-9-10-20-13-14-23(18-24(20)29)41-22-12-8-11-21(17-22)28(30,31)32/h8,11-14,17-18H,7,9-10,15-16,19H2,1-6H3,(H,33,34). The van der Waals surface area contributed by atoms with Gasteiger partial charge in [0.15, 0.2) is 0 Å².